The largest absolute Gasteiger partial charge is 0.314 e. The van der Waals surface area contributed by atoms with Crippen LogP contribution in [0.2, 0.25) is 0 Å². The molecule has 154 valence electrons. The number of hydrogen-bond donors (Lipinski definition) is 0. The first-order valence-corrected chi connectivity index (χ1v) is 10.9. The van der Waals surface area contributed by atoms with E-state index < -0.39 is 0 Å². The third-order valence-corrected chi connectivity index (χ3v) is 5.72. The summed E-state index contributed by atoms with van der Waals surface area (Å²) >= 11 is 0. The Morgan fingerprint density at radius 2 is 1.06 bits per heavy atom. The number of benzene rings is 4. The summed E-state index contributed by atoms with van der Waals surface area (Å²) in [7, 11) is 0. The smallest absolute Gasteiger partial charge is 0.0458 e. The standard InChI is InChI=1S/C30H29N/c1-4-25-17-21-29(22-18-25)31(28-19-15-23(2)16-20-28)24(3)30(26-11-7-5-8-12-26)27-13-9-6-10-14-27/h5-22H,4H2,1-3H3. The highest BCUT2D eigenvalue weighted by molar-refractivity contribution is 5.86. The van der Waals surface area contributed by atoms with E-state index in [1.807, 2.05) is 0 Å². The molecule has 0 amide bonds. The third-order valence-electron chi connectivity index (χ3n) is 5.72. The number of hydrogen-bond acceptors (Lipinski definition) is 1. The molecule has 0 aliphatic rings. The van der Waals surface area contributed by atoms with Crippen LogP contribution in [0.4, 0.5) is 11.4 Å². The van der Waals surface area contributed by atoms with Crippen LogP contribution in [-0.4, -0.2) is 0 Å². The fraction of sp³-hybridized carbons (Fsp3) is 0.133. The average Bonchev–Trinajstić information content (AvgIpc) is 2.82. The maximum absolute atomic E-state index is 2.37. The van der Waals surface area contributed by atoms with Gasteiger partial charge < -0.3 is 4.90 Å². The predicted molar refractivity (Wildman–Crippen MR) is 134 cm³/mol. The molecular formula is C30H29N. The number of nitrogens with zero attached hydrogens (tertiary/aromatic N) is 1. The molecule has 1 nitrogen and oxygen atoms in total. The molecule has 0 aromatic heterocycles. The van der Waals surface area contributed by atoms with Crippen molar-refractivity contribution in [2.24, 2.45) is 0 Å². The zero-order valence-corrected chi connectivity index (χ0v) is 18.5. The molecule has 31 heavy (non-hydrogen) atoms. The van der Waals surface area contributed by atoms with Crippen LogP contribution in [0.25, 0.3) is 5.57 Å². The summed E-state index contributed by atoms with van der Waals surface area (Å²) in [5, 5.41) is 0. The van der Waals surface area contributed by atoms with Gasteiger partial charge in [-0.3, -0.25) is 0 Å². The molecule has 0 unspecified atom stereocenters. The lowest BCUT2D eigenvalue weighted by molar-refractivity contribution is 1.12. The maximum atomic E-state index is 2.37. The van der Waals surface area contributed by atoms with Crippen LogP contribution in [0.1, 0.15) is 36.1 Å². The van der Waals surface area contributed by atoms with Crippen LogP contribution < -0.4 is 4.90 Å². The minimum atomic E-state index is 1.04. The van der Waals surface area contributed by atoms with Crippen LogP contribution in [0.15, 0.2) is 115 Å². The van der Waals surface area contributed by atoms with Crippen LogP contribution in [0.3, 0.4) is 0 Å². The molecule has 0 aliphatic carbocycles. The van der Waals surface area contributed by atoms with Gasteiger partial charge in [0.15, 0.2) is 0 Å². The molecule has 0 spiro atoms. The number of anilines is 2. The van der Waals surface area contributed by atoms with Gasteiger partial charge in [-0.2, -0.15) is 0 Å². The number of rotatable bonds is 6. The van der Waals surface area contributed by atoms with Crippen LogP contribution in [0, 0.1) is 6.92 Å². The van der Waals surface area contributed by atoms with Gasteiger partial charge in [0.05, 0.1) is 0 Å². The van der Waals surface area contributed by atoms with Crippen molar-refractivity contribution >= 4 is 16.9 Å². The molecule has 0 saturated carbocycles. The highest BCUT2D eigenvalue weighted by atomic mass is 15.1. The Bertz CT molecular complexity index is 1100. The first kappa shape index (κ1) is 20.7. The van der Waals surface area contributed by atoms with Crippen molar-refractivity contribution in [1.29, 1.82) is 0 Å². The molecule has 0 fully saturated rings. The van der Waals surface area contributed by atoms with Crippen molar-refractivity contribution < 1.29 is 0 Å². The second-order valence-electron chi connectivity index (χ2n) is 7.88. The van der Waals surface area contributed by atoms with Crippen molar-refractivity contribution in [2.75, 3.05) is 4.90 Å². The van der Waals surface area contributed by atoms with Gasteiger partial charge in [-0.05, 0) is 61.2 Å². The number of aryl methyl sites for hydroxylation is 2. The molecule has 0 N–H and O–H groups in total. The maximum Gasteiger partial charge on any atom is 0.0458 e. The predicted octanol–water partition coefficient (Wildman–Crippen LogP) is 8.18. The van der Waals surface area contributed by atoms with Gasteiger partial charge >= 0.3 is 0 Å². The zero-order valence-electron chi connectivity index (χ0n) is 18.5. The van der Waals surface area contributed by atoms with Crippen LogP contribution >= 0.6 is 0 Å². The normalized spacial score (nSPS) is 10.5. The summed E-state index contributed by atoms with van der Waals surface area (Å²) in [4.78, 5) is 2.37. The molecule has 4 aromatic carbocycles. The van der Waals surface area contributed by atoms with E-state index in [1.54, 1.807) is 0 Å². The van der Waals surface area contributed by atoms with Gasteiger partial charge in [0.2, 0.25) is 0 Å². The van der Waals surface area contributed by atoms with Gasteiger partial charge in [0.25, 0.3) is 0 Å². The molecule has 0 heterocycles. The van der Waals surface area contributed by atoms with Crippen molar-refractivity contribution in [3.8, 4) is 0 Å². The summed E-state index contributed by atoms with van der Waals surface area (Å²) in [6.07, 6.45) is 1.04. The van der Waals surface area contributed by atoms with E-state index in [4.69, 9.17) is 0 Å². The SMILES string of the molecule is CCc1ccc(N(C(C)=C(c2ccccc2)c2ccccc2)c2ccc(C)cc2)cc1. The third kappa shape index (κ3) is 4.62. The van der Waals surface area contributed by atoms with Crippen molar-refractivity contribution in [2.45, 2.75) is 27.2 Å². The first-order chi connectivity index (χ1) is 15.2. The monoisotopic (exact) mass is 403 g/mol. The lowest BCUT2D eigenvalue weighted by Gasteiger charge is -2.29. The second-order valence-corrected chi connectivity index (χ2v) is 7.88. The van der Waals surface area contributed by atoms with Crippen LogP contribution in [-0.2, 0) is 6.42 Å². The lowest BCUT2D eigenvalue weighted by Crippen LogP contribution is -2.16. The molecule has 0 saturated heterocycles. The Morgan fingerprint density at radius 3 is 1.52 bits per heavy atom. The summed E-state index contributed by atoms with van der Waals surface area (Å²) in [5.74, 6) is 0. The van der Waals surface area contributed by atoms with E-state index in [1.165, 1.54) is 39.2 Å². The minimum absolute atomic E-state index is 1.04. The van der Waals surface area contributed by atoms with Gasteiger partial charge in [0.1, 0.15) is 0 Å². The Morgan fingerprint density at radius 1 is 0.613 bits per heavy atom. The van der Waals surface area contributed by atoms with E-state index in [2.05, 4.69) is 135 Å². The van der Waals surface area contributed by atoms with E-state index in [0.717, 1.165) is 12.1 Å². The summed E-state index contributed by atoms with van der Waals surface area (Å²) < 4.78 is 0. The Kier molecular flexibility index (Phi) is 6.33. The molecule has 0 atom stereocenters. The van der Waals surface area contributed by atoms with Gasteiger partial charge in [-0.25, -0.2) is 0 Å². The highest BCUT2D eigenvalue weighted by Crippen LogP contribution is 2.36. The molecule has 4 rings (SSSR count). The Balaban J connectivity index is 1.96. The Labute approximate surface area is 186 Å². The van der Waals surface area contributed by atoms with Gasteiger partial charge in [-0.15, -0.1) is 0 Å². The average molecular weight is 404 g/mol. The summed E-state index contributed by atoms with van der Waals surface area (Å²) in [5.41, 5.74) is 9.81. The minimum Gasteiger partial charge on any atom is -0.314 e. The highest BCUT2D eigenvalue weighted by Gasteiger charge is 2.18. The fourth-order valence-electron chi connectivity index (χ4n) is 4.02. The second kappa shape index (κ2) is 9.49. The quantitative estimate of drug-likeness (QED) is 0.314. The van der Waals surface area contributed by atoms with Crippen molar-refractivity contribution in [3.05, 3.63) is 137 Å². The molecule has 1 heteroatoms. The topological polar surface area (TPSA) is 3.24 Å². The molecule has 0 radical (unpaired) electrons. The molecule has 0 bridgehead atoms. The van der Waals surface area contributed by atoms with Crippen LogP contribution in [0.5, 0.6) is 0 Å². The molecular weight excluding hydrogens is 374 g/mol. The molecule has 0 aliphatic heterocycles. The van der Waals surface area contributed by atoms with Crippen molar-refractivity contribution in [3.63, 3.8) is 0 Å². The zero-order chi connectivity index (χ0) is 21.6. The molecule has 4 aromatic rings. The van der Waals surface area contributed by atoms with E-state index >= 15 is 0 Å². The Hall–Kier alpha value is -3.58. The summed E-state index contributed by atoms with van der Waals surface area (Å²) in [6, 6.07) is 39.1. The van der Waals surface area contributed by atoms with E-state index in [0.29, 0.717) is 0 Å². The van der Waals surface area contributed by atoms with E-state index in [-0.39, 0.29) is 0 Å². The summed E-state index contributed by atoms with van der Waals surface area (Å²) in [6.45, 7) is 6.55. The van der Waals surface area contributed by atoms with Crippen molar-refractivity contribution in [1.82, 2.24) is 0 Å². The van der Waals surface area contributed by atoms with E-state index in [9.17, 15) is 0 Å². The van der Waals surface area contributed by atoms with Gasteiger partial charge in [-0.1, -0.05) is 97.4 Å². The first-order valence-electron chi connectivity index (χ1n) is 10.9. The fourth-order valence-corrected chi connectivity index (χ4v) is 4.02. The lowest BCUT2D eigenvalue weighted by atomic mass is 9.95. The van der Waals surface area contributed by atoms with Gasteiger partial charge in [0, 0.05) is 22.6 Å². The number of allylic oxidation sites excluding steroid dienone is 1.